The van der Waals surface area contributed by atoms with Gasteiger partial charge in [0.1, 0.15) is 29.7 Å². The third-order valence-electron chi connectivity index (χ3n) is 11.1. The number of rotatable bonds is 2. The fraction of sp³-hybridized carbons (Fsp3) is 0.694. The largest absolute Gasteiger partial charge is 0.497 e. The van der Waals surface area contributed by atoms with Crippen LogP contribution in [0.15, 0.2) is 18.2 Å². The maximum Gasteiger partial charge on any atom is 0.329 e. The summed E-state index contributed by atoms with van der Waals surface area (Å²) in [4.78, 5) is 52.7. The quantitative estimate of drug-likeness (QED) is 0.393. The first-order valence-electron chi connectivity index (χ1n) is 17.1. The zero-order chi connectivity index (χ0) is 32.7. The van der Waals surface area contributed by atoms with Crippen LogP contribution < -0.4 is 9.47 Å². The number of aryl methyl sites for hydroxylation is 1. The molecule has 0 radical (unpaired) electrons. The van der Waals surface area contributed by atoms with Gasteiger partial charge in [-0.15, -0.1) is 0 Å². The minimum atomic E-state index is -0.864. The van der Waals surface area contributed by atoms with E-state index in [9.17, 15) is 14.4 Å². The van der Waals surface area contributed by atoms with Gasteiger partial charge in [0.15, 0.2) is 0 Å². The predicted molar refractivity (Wildman–Crippen MR) is 171 cm³/mol. The van der Waals surface area contributed by atoms with Crippen LogP contribution >= 0.6 is 0 Å². The molecule has 2 aliphatic carbocycles. The topological polar surface area (TPSA) is 117 Å². The minimum absolute atomic E-state index is 0.0324. The fourth-order valence-electron chi connectivity index (χ4n) is 8.50. The van der Waals surface area contributed by atoms with E-state index in [-0.39, 0.29) is 30.9 Å². The van der Waals surface area contributed by atoms with Crippen LogP contribution in [-0.4, -0.2) is 71.7 Å². The standard InChI is InChI=1S/C36H49N3O7/c1-20-29-19-39(31(20)35(42)44-6)34(41)25(36(2,3)4)18-30(40)46-32-22-13-12-21(16-22)24(32)10-8-7-9-11-27-33(45-29)38-28-17-23(43-5)14-15-26(28)37-27/h14-15,17,20-22,24-25,29,31-32H,7-13,16,18-19H2,1-6H3/t20-,21-,22+,24-,25-,29+,31+,32-/m1/s1. The molecule has 10 nitrogen and oxygen atoms in total. The summed E-state index contributed by atoms with van der Waals surface area (Å²) in [5.74, 6) is 0.287. The highest BCUT2D eigenvalue weighted by atomic mass is 16.5. The lowest BCUT2D eigenvalue weighted by molar-refractivity contribution is -0.162. The summed E-state index contributed by atoms with van der Waals surface area (Å²) >= 11 is 0. The summed E-state index contributed by atoms with van der Waals surface area (Å²) in [6.07, 6.45) is 7.49. The van der Waals surface area contributed by atoms with Crippen molar-refractivity contribution in [2.24, 2.45) is 35.0 Å². The molecular formula is C36H49N3O7. The third kappa shape index (κ3) is 6.28. The molecule has 46 heavy (non-hydrogen) atoms. The lowest BCUT2D eigenvalue weighted by Gasteiger charge is -2.35. The predicted octanol–water partition coefficient (Wildman–Crippen LogP) is 5.53. The lowest BCUT2D eigenvalue weighted by atomic mass is 9.77. The molecule has 1 amide bonds. The zero-order valence-electron chi connectivity index (χ0n) is 28.1. The Bertz CT molecular complexity index is 1470. The second-order valence-corrected chi connectivity index (χ2v) is 15.0. The molecule has 0 unspecified atom stereocenters. The smallest absolute Gasteiger partial charge is 0.329 e. The van der Waals surface area contributed by atoms with Crippen molar-refractivity contribution in [2.75, 3.05) is 20.8 Å². The molecule has 4 aliphatic rings. The third-order valence-corrected chi connectivity index (χ3v) is 11.1. The number of fused-ring (bicyclic) bond motifs is 9. The summed E-state index contributed by atoms with van der Waals surface area (Å²) in [7, 11) is 2.94. The van der Waals surface area contributed by atoms with E-state index in [0.717, 1.165) is 49.7 Å². The first kappa shape index (κ1) is 32.5. The number of methoxy groups -OCH3 is 2. The van der Waals surface area contributed by atoms with Gasteiger partial charge in [-0.25, -0.2) is 14.8 Å². The summed E-state index contributed by atoms with van der Waals surface area (Å²) in [5.41, 5.74) is 1.62. The molecule has 1 aromatic heterocycles. The van der Waals surface area contributed by atoms with Crippen molar-refractivity contribution < 1.29 is 33.3 Å². The maximum atomic E-state index is 14.4. The Morgan fingerprint density at radius 3 is 2.50 bits per heavy atom. The van der Waals surface area contributed by atoms with E-state index in [1.165, 1.54) is 13.5 Å². The lowest BCUT2D eigenvalue weighted by Crippen LogP contribution is -2.49. The summed E-state index contributed by atoms with van der Waals surface area (Å²) < 4.78 is 23.5. The Hall–Kier alpha value is -3.43. The molecule has 2 aromatic rings. The molecule has 2 saturated carbocycles. The van der Waals surface area contributed by atoms with Gasteiger partial charge < -0.3 is 23.8 Å². The molecule has 2 aliphatic heterocycles. The van der Waals surface area contributed by atoms with Gasteiger partial charge in [-0.05, 0) is 73.8 Å². The average Bonchev–Trinajstić information content (AvgIpc) is 3.72. The summed E-state index contributed by atoms with van der Waals surface area (Å²) in [5, 5.41) is 0. The highest BCUT2D eigenvalue weighted by Crippen LogP contribution is 2.52. The minimum Gasteiger partial charge on any atom is -0.497 e. The Kier molecular flexibility index (Phi) is 9.18. The van der Waals surface area contributed by atoms with Gasteiger partial charge in [-0.3, -0.25) is 9.59 Å². The van der Waals surface area contributed by atoms with Crippen LogP contribution in [-0.2, 0) is 30.3 Å². The first-order chi connectivity index (χ1) is 22.0. The van der Waals surface area contributed by atoms with Crippen LogP contribution in [0.25, 0.3) is 11.0 Å². The van der Waals surface area contributed by atoms with Crippen molar-refractivity contribution in [2.45, 2.75) is 104 Å². The van der Waals surface area contributed by atoms with Crippen LogP contribution in [0.5, 0.6) is 11.6 Å². The van der Waals surface area contributed by atoms with Crippen molar-refractivity contribution in [1.29, 1.82) is 0 Å². The number of carbonyl (C=O) groups excluding carboxylic acids is 3. The Balaban J connectivity index is 1.37. The SMILES string of the molecule is COC(=O)[C@@H]1[C@H](C)[C@@H]2CN1C(=O)[C@H](C(C)(C)C)CC(=O)O[C@@H]1[C@H]3CC[C@H](C3)[C@H]1CCCCCc1nc3ccc(OC)cc3nc1O2. The molecule has 8 atom stereocenters. The number of hydrogen-bond donors (Lipinski definition) is 0. The number of nitrogens with zero attached hydrogens (tertiary/aromatic N) is 3. The van der Waals surface area contributed by atoms with Gasteiger partial charge in [0.25, 0.3) is 0 Å². The van der Waals surface area contributed by atoms with Crippen molar-refractivity contribution in [1.82, 2.24) is 14.9 Å². The number of ether oxygens (including phenoxy) is 4. The molecule has 4 bridgehead atoms. The van der Waals surface area contributed by atoms with E-state index >= 15 is 0 Å². The van der Waals surface area contributed by atoms with Crippen LogP contribution in [0.2, 0.25) is 0 Å². The molecule has 10 heteroatoms. The van der Waals surface area contributed by atoms with Gasteiger partial charge >= 0.3 is 11.9 Å². The normalized spacial score (nSPS) is 32.2. The van der Waals surface area contributed by atoms with E-state index in [2.05, 4.69) is 0 Å². The van der Waals surface area contributed by atoms with Gasteiger partial charge in [-0.2, -0.15) is 0 Å². The van der Waals surface area contributed by atoms with Gasteiger partial charge in [0.05, 0.1) is 44.1 Å². The van der Waals surface area contributed by atoms with E-state index in [4.69, 9.17) is 28.9 Å². The number of hydrogen-bond acceptors (Lipinski definition) is 9. The van der Waals surface area contributed by atoms with Crippen LogP contribution in [0.4, 0.5) is 0 Å². The number of carbonyl (C=O) groups is 3. The van der Waals surface area contributed by atoms with Crippen molar-refractivity contribution in [3.8, 4) is 11.6 Å². The molecule has 6 rings (SSSR count). The van der Waals surface area contributed by atoms with Crippen LogP contribution in [0, 0.1) is 35.0 Å². The highest BCUT2D eigenvalue weighted by Gasteiger charge is 2.52. The van der Waals surface area contributed by atoms with Gasteiger partial charge in [0.2, 0.25) is 11.8 Å². The summed E-state index contributed by atoms with van der Waals surface area (Å²) in [6, 6.07) is 4.75. The molecule has 3 heterocycles. The van der Waals surface area contributed by atoms with Gasteiger partial charge in [0, 0.05) is 12.0 Å². The average molecular weight is 636 g/mol. The Morgan fingerprint density at radius 1 is 0.978 bits per heavy atom. The summed E-state index contributed by atoms with van der Waals surface area (Å²) in [6.45, 7) is 7.94. The molecule has 1 saturated heterocycles. The number of esters is 2. The molecular weight excluding hydrogens is 586 g/mol. The second-order valence-electron chi connectivity index (χ2n) is 15.0. The molecule has 0 N–H and O–H groups in total. The first-order valence-corrected chi connectivity index (χ1v) is 17.1. The Labute approximate surface area is 271 Å². The van der Waals surface area contributed by atoms with Crippen LogP contribution in [0.3, 0.4) is 0 Å². The van der Waals surface area contributed by atoms with E-state index in [0.29, 0.717) is 41.3 Å². The zero-order valence-corrected chi connectivity index (χ0v) is 28.1. The Morgan fingerprint density at radius 2 is 1.76 bits per heavy atom. The van der Waals surface area contributed by atoms with Crippen molar-refractivity contribution >= 4 is 28.9 Å². The molecule has 3 fully saturated rings. The van der Waals surface area contributed by atoms with Crippen molar-refractivity contribution in [3.63, 3.8) is 0 Å². The van der Waals surface area contributed by atoms with E-state index in [1.54, 1.807) is 12.0 Å². The second kappa shape index (κ2) is 13.0. The monoisotopic (exact) mass is 635 g/mol. The molecule has 250 valence electrons. The van der Waals surface area contributed by atoms with Crippen LogP contribution in [0.1, 0.15) is 84.8 Å². The maximum absolute atomic E-state index is 14.4. The number of amides is 1. The molecule has 1 aromatic carbocycles. The number of benzene rings is 1. The van der Waals surface area contributed by atoms with Gasteiger partial charge in [-0.1, -0.05) is 40.5 Å². The fourth-order valence-corrected chi connectivity index (χ4v) is 8.50. The molecule has 0 spiro atoms. The van der Waals surface area contributed by atoms with Crippen molar-refractivity contribution in [3.05, 3.63) is 23.9 Å². The van der Waals surface area contributed by atoms with E-state index in [1.807, 2.05) is 45.9 Å². The highest BCUT2D eigenvalue weighted by molar-refractivity contribution is 5.89. The van der Waals surface area contributed by atoms with E-state index < -0.39 is 35.4 Å². The number of aromatic nitrogens is 2.